The quantitative estimate of drug-likeness (QED) is 0.815. The van der Waals surface area contributed by atoms with Crippen molar-refractivity contribution in [2.24, 2.45) is 0 Å². The summed E-state index contributed by atoms with van der Waals surface area (Å²) in [7, 11) is 0. The van der Waals surface area contributed by atoms with E-state index in [1.807, 2.05) is 24.3 Å². The summed E-state index contributed by atoms with van der Waals surface area (Å²) < 4.78 is 6.66. The standard InChI is InChI=1S/C11H9BrOS/c12-10-1-3-11(4-2-10)13-7-9-5-6-14-8-9/h1-6,8H,7H2. The molecule has 0 fully saturated rings. The van der Waals surface area contributed by atoms with Gasteiger partial charge in [-0.3, -0.25) is 0 Å². The van der Waals surface area contributed by atoms with Crippen LogP contribution in [-0.4, -0.2) is 0 Å². The number of rotatable bonds is 3. The van der Waals surface area contributed by atoms with Crippen LogP contribution >= 0.6 is 27.3 Å². The summed E-state index contributed by atoms with van der Waals surface area (Å²) in [6.07, 6.45) is 0. The third-order valence-corrected chi connectivity index (χ3v) is 3.06. The van der Waals surface area contributed by atoms with Crippen LogP contribution in [0.1, 0.15) is 5.56 Å². The largest absolute Gasteiger partial charge is 0.489 e. The van der Waals surface area contributed by atoms with Gasteiger partial charge in [-0.2, -0.15) is 11.3 Å². The van der Waals surface area contributed by atoms with E-state index in [0.29, 0.717) is 6.61 Å². The molecule has 0 unspecified atom stereocenters. The van der Waals surface area contributed by atoms with Crippen LogP contribution in [-0.2, 0) is 6.61 Å². The van der Waals surface area contributed by atoms with Gasteiger partial charge < -0.3 is 4.74 Å². The molecular weight excluding hydrogens is 260 g/mol. The summed E-state index contributed by atoms with van der Waals surface area (Å²) in [6, 6.07) is 9.93. The number of halogens is 1. The van der Waals surface area contributed by atoms with Gasteiger partial charge in [0.2, 0.25) is 0 Å². The molecular formula is C11H9BrOS. The van der Waals surface area contributed by atoms with E-state index in [9.17, 15) is 0 Å². The highest BCUT2D eigenvalue weighted by atomic mass is 79.9. The summed E-state index contributed by atoms with van der Waals surface area (Å²) in [4.78, 5) is 0. The lowest BCUT2D eigenvalue weighted by molar-refractivity contribution is 0.306. The lowest BCUT2D eigenvalue weighted by Gasteiger charge is -2.04. The van der Waals surface area contributed by atoms with Crippen LogP contribution in [0.25, 0.3) is 0 Å². The molecule has 0 aliphatic carbocycles. The Labute approximate surface area is 95.5 Å². The van der Waals surface area contributed by atoms with E-state index in [0.717, 1.165) is 10.2 Å². The van der Waals surface area contributed by atoms with Crippen LogP contribution < -0.4 is 4.74 Å². The van der Waals surface area contributed by atoms with Gasteiger partial charge in [0, 0.05) is 4.47 Å². The molecule has 0 N–H and O–H groups in total. The van der Waals surface area contributed by atoms with Crippen molar-refractivity contribution < 1.29 is 4.74 Å². The fraction of sp³-hybridized carbons (Fsp3) is 0.0909. The molecule has 3 heteroatoms. The summed E-state index contributed by atoms with van der Waals surface area (Å²) >= 11 is 5.07. The molecule has 0 radical (unpaired) electrons. The van der Waals surface area contributed by atoms with Crippen molar-refractivity contribution >= 4 is 27.3 Å². The summed E-state index contributed by atoms with van der Waals surface area (Å²) in [5, 5.41) is 4.15. The van der Waals surface area contributed by atoms with Crippen LogP contribution in [0.3, 0.4) is 0 Å². The molecule has 0 saturated carbocycles. The average Bonchev–Trinajstić information content (AvgIpc) is 2.70. The number of ether oxygens (including phenoxy) is 1. The van der Waals surface area contributed by atoms with Crippen molar-refractivity contribution in [1.29, 1.82) is 0 Å². The maximum Gasteiger partial charge on any atom is 0.119 e. The topological polar surface area (TPSA) is 9.23 Å². The maximum absolute atomic E-state index is 5.59. The molecule has 2 rings (SSSR count). The van der Waals surface area contributed by atoms with Crippen LogP contribution in [0.2, 0.25) is 0 Å². The average molecular weight is 269 g/mol. The van der Waals surface area contributed by atoms with Gasteiger partial charge in [0.1, 0.15) is 12.4 Å². The van der Waals surface area contributed by atoms with Crippen LogP contribution in [0, 0.1) is 0 Å². The Balaban J connectivity index is 1.95. The lowest BCUT2D eigenvalue weighted by Crippen LogP contribution is -1.92. The van der Waals surface area contributed by atoms with E-state index in [1.54, 1.807) is 11.3 Å². The molecule has 0 aliphatic rings. The third kappa shape index (κ3) is 2.59. The van der Waals surface area contributed by atoms with E-state index < -0.39 is 0 Å². The summed E-state index contributed by atoms with van der Waals surface area (Å²) in [5.74, 6) is 0.902. The molecule has 1 aromatic heterocycles. The van der Waals surface area contributed by atoms with Crippen molar-refractivity contribution in [3.63, 3.8) is 0 Å². The van der Waals surface area contributed by atoms with Gasteiger partial charge in [0.15, 0.2) is 0 Å². The SMILES string of the molecule is Brc1ccc(OCc2ccsc2)cc1. The molecule has 0 atom stereocenters. The monoisotopic (exact) mass is 268 g/mol. The van der Waals surface area contributed by atoms with Crippen molar-refractivity contribution in [1.82, 2.24) is 0 Å². The normalized spacial score (nSPS) is 10.1. The Morgan fingerprint density at radius 1 is 1.14 bits per heavy atom. The van der Waals surface area contributed by atoms with Gasteiger partial charge in [-0.1, -0.05) is 15.9 Å². The summed E-state index contributed by atoms with van der Waals surface area (Å²) in [6.45, 7) is 0.644. The molecule has 0 amide bonds. The molecule has 0 saturated heterocycles. The van der Waals surface area contributed by atoms with E-state index in [1.165, 1.54) is 5.56 Å². The number of hydrogen-bond acceptors (Lipinski definition) is 2. The van der Waals surface area contributed by atoms with Crippen LogP contribution in [0.5, 0.6) is 5.75 Å². The Kier molecular flexibility index (Phi) is 3.22. The van der Waals surface area contributed by atoms with Gasteiger partial charge in [-0.15, -0.1) is 0 Å². The Morgan fingerprint density at radius 3 is 2.57 bits per heavy atom. The smallest absolute Gasteiger partial charge is 0.119 e. The minimum Gasteiger partial charge on any atom is -0.489 e. The molecule has 0 bridgehead atoms. The van der Waals surface area contributed by atoms with E-state index in [2.05, 4.69) is 32.8 Å². The minimum atomic E-state index is 0.644. The Hall–Kier alpha value is -0.800. The second kappa shape index (κ2) is 4.62. The molecule has 1 aromatic carbocycles. The fourth-order valence-electron chi connectivity index (χ4n) is 1.07. The predicted molar refractivity (Wildman–Crippen MR) is 62.8 cm³/mol. The van der Waals surface area contributed by atoms with Gasteiger partial charge in [0.05, 0.1) is 0 Å². The zero-order valence-electron chi connectivity index (χ0n) is 7.44. The first-order valence-corrected chi connectivity index (χ1v) is 5.97. The lowest BCUT2D eigenvalue weighted by atomic mass is 10.3. The highest BCUT2D eigenvalue weighted by molar-refractivity contribution is 9.10. The van der Waals surface area contributed by atoms with Gasteiger partial charge in [0.25, 0.3) is 0 Å². The van der Waals surface area contributed by atoms with E-state index >= 15 is 0 Å². The minimum absolute atomic E-state index is 0.644. The zero-order valence-corrected chi connectivity index (χ0v) is 9.85. The number of thiophene rings is 1. The number of benzene rings is 1. The van der Waals surface area contributed by atoms with Crippen molar-refractivity contribution in [3.8, 4) is 5.75 Å². The van der Waals surface area contributed by atoms with Gasteiger partial charge in [-0.25, -0.2) is 0 Å². The number of hydrogen-bond donors (Lipinski definition) is 0. The molecule has 1 heterocycles. The van der Waals surface area contributed by atoms with Crippen molar-refractivity contribution in [3.05, 3.63) is 51.1 Å². The molecule has 72 valence electrons. The van der Waals surface area contributed by atoms with E-state index in [4.69, 9.17) is 4.74 Å². The van der Waals surface area contributed by atoms with Crippen LogP contribution in [0.15, 0.2) is 45.6 Å². The Bertz CT molecular complexity index is 380. The first kappa shape index (κ1) is 9.74. The fourth-order valence-corrected chi connectivity index (χ4v) is 1.99. The maximum atomic E-state index is 5.59. The third-order valence-electron chi connectivity index (χ3n) is 1.80. The zero-order chi connectivity index (χ0) is 9.80. The van der Waals surface area contributed by atoms with Crippen LogP contribution in [0.4, 0.5) is 0 Å². The molecule has 14 heavy (non-hydrogen) atoms. The van der Waals surface area contributed by atoms with E-state index in [-0.39, 0.29) is 0 Å². The molecule has 1 nitrogen and oxygen atoms in total. The molecule has 0 spiro atoms. The van der Waals surface area contributed by atoms with Gasteiger partial charge in [-0.05, 0) is 46.7 Å². The molecule has 0 aliphatic heterocycles. The van der Waals surface area contributed by atoms with Crippen molar-refractivity contribution in [2.45, 2.75) is 6.61 Å². The highest BCUT2D eigenvalue weighted by Gasteiger charge is 1.95. The Morgan fingerprint density at radius 2 is 1.93 bits per heavy atom. The second-order valence-corrected chi connectivity index (χ2v) is 4.57. The first-order chi connectivity index (χ1) is 6.84. The summed E-state index contributed by atoms with van der Waals surface area (Å²) in [5.41, 5.74) is 1.22. The van der Waals surface area contributed by atoms with Crippen molar-refractivity contribution in [2.75, 3.05) is 0 Å². The molecule has 2 aromatic rings. The predicted octanol–water partition coefficient (Wildman–Crippen LogP) is 4.09. The van der Waals surface area contributed by atoms with Gasteiger partial charge >= 0.3 is 0 Å². The first-order valence-electron chi connectivity index (χ1n) is 4.24. The second-order valence-electron chi connectivity index (χ2n) is 2.87. The highest BCUT2D eigenvalue weighted by Crippen LogP contribution is 2.17.